The van der Waals surface area contributed by atoms with Crippen molar-refractivity contribution < 1.29 is 34.8 Å². The number of aliphatic carboxylic acids is 3. The molecule has 1 aliphatic rings. The quantitative estimate of drug-likeness (QED) is 0.227. The second kappa shape index (κ2) is 13.8. The van der Waals surface area contributed by atoms with Gasteiger partial charge in [0.1, 0.15) is 5.82 Å². The van der Waals surface area contributed by atoms with E-state index >= 15 is 0 Å². The van der Waals surface area contributed by atoms with E-state index in [1.807, 2.05) is 24.4 Å². The molecule has 1 aromatic carbocycles. The Balaban J connectivity index is 0.000000276. The van der Waals surface area contributed by atoms with Crippen LogP contribution in [0.2, 0.25) is 0 Å². The number of carbonyl (C=O) groups is 3. The van der Waals surface area contributed by atoms with Crippen molar-refractivity contribution in [2.24, 2.45) is 0 Å². The smallest absolute Gasteiger partial charge is 0.336 e. The van der Waals surface area contributed by atoms with Gasteiger partial charge in [0.05, 0.1) is 36.1 Å². The monoisotopic (exact) mass is 541 g/mol. The molecule has 3 heterocycles. The maximum absolute atomic E-state index is 10.3. The molecule has 39 heavy (non-hydrogen) atoms. The molecule has 0 bridgehead atoms. The van der Waals surface area contributed by atoms with Crippen molar-refractivity contribution in [3.63, 3.8) is 0 Å². The van der Waals surface area contributed by atoms with Gasteiger partial charge in [0.15, 0.2) is 5.60 Å². The summed E-state index contributed by atoms with van der Waals surface area (Å²) >= 11 is 0. The first kappa shape index (κ1) is 29.7. The number of pyridine rings is 1. The van der Waals surface area contributed by atoms with Crippen LogP contribution in [-0.4, -0.2) is 94.4 Å². The Labute approximate surface area is 225 Å². The van der Waals surface area contributed by atoms with E-state index in [2.05, 4.69) is 51.0 Å². The van der Waals surface area contributed by atoms with E-state index in [0.717, 1.165) is 48.7 Å². The number of aliphatic hydroxyl groups is 1. The zero-order valence-corrected chi connectivity index (χ0v) is 21.9. The van der Waals surface area contributed by atoms with Gasteiger partial charge >= 0.3 is 17.9 Å². The molecule has 1 saturated heterocycles. The predicted molar refractivity (Wildman–Crippen MR) is 142 cm³/mol. The van der Waals surface area contributed by atoms with E-state index in [1.165, 1.54) is 19.4 Å². The molecule has 0 saturated carbocycles. The number of imidazole rings is 1. The Bertz CT molecular complexity index is 1200. The minimum atomic E-state index is -2.74. The second-order valence-electron chi connectivity index (χ2n) is 9.59. The molecule has 2 aromatic heterocycles. The van der Waals surface area contributed by atoms with Gasteiger partial charge < -0.3 is 25.4 Å². The van der Waals surface area contributed by atoms with Crippen LogP contribution < -0.4 is 0 Å². The number of aromatic amines is 1. The largest absolute Gasteiger partial charge is 0.481 e. The van der Waals surface area contributed by atoms with Crippen LogP contribution in [0.1, 0.15) is 44.1 Å². The molecule has 12 nitrogen and oxygen atoms in total. The van der Waals surface area contributed by atoms with E-state index in [1.54, 1.807) is 0 Å². The van der Waals surface area contributed by atoms with E-state index in [9.17, 15) is 14.4 Å². The van der Waals surface area contributed by atoms with Gasteiger partial charge in [0.25, 0.3) is 0 Å². The second-order valence-corrected chi connectivity index (χ2v) is 9.59. The molecule has 5 N–H and O–H groups in total. The molecule has 4 rings (SSSR count). The molecule has 3 aromatic rings. The van der Waals surface area contributed by atoms with Crippen molar-refractivity contribution in [2.75, 3.05) is 19.6 Å². The van der Waals surface area contributed by atoms with Gasteiger partial charge in [-0.2, -0.15) is 0 Å². The Kier molecular flexibility index (Phi) is 10.5. The molecule has 0 spiro atoms. The highest BCUT2D eigenvalue weighted by atomic mass is 16.4. The topological polar surface area (TPSA) is 180 Å². The van der Waals surface area contributed by atoms with Crippen molar-refractivity contribution in [1.29, 1.82) is 0 Å². The predicted octanol–water partition coefficient (Wildman–Crippen LogP) is 2.20. The summed E-state index contributed by atoms with van der Waals surface area (Å²) < 4.78 is 0. The Morgan fingerprint density at radius 2 is 1.74 bits per heavy atom. The summed E-state index contributed by atoms with van der Waals surface area (Å²) in [6, 6.07) is 15.0. The lowest BCUT2D eigenvalue weighted by atomic mass is 9.96. The van der Waals surface area contributed by atoms with Gasteiger partial charge in [-0.05, 0) is 50.2 Å². The first-order valence-corrected chi connectivity index (χ1v) is 12.8. The number of para-hydroxylation sites is 2. The van der Waals surface area contributed by atoms with Crippen molar-refractivity contribution in [1.82, 2.24) is 24.8 Å². The summed E-state index contributed by atoms with van der Waals surface area (Å²) in [5, 5.41) is 33.8. The van der Waals surface area contributed by atoms with Crippen LogP contribution in [-0.2, 0) is 27.5 Å². The fourth-order valence-electron chi connectivity index (χ4n) is 4.73. The molecule has 1 atom stereocenters. The van der Waals surface area contributed by atoms with E-state index in [0.29, 0.717) is 6.04 Å². The molecular formula is C27H35N5O7. The number of likely N-dealkylation sites (tertiary alicyclic amines) is 1. The van der Waals surface area contributed by atoms with Crippen LogP contribution in [0.15, 0.2) is 48.7 Å². The molecule has 0 aliphatic carbocycles. The lowest BCUT2D eigenvalue weighted by Crippen LogP contribution is -2.42. The molecule has 1 unspecified atom stereocenters. The van der Waals surface area contributed by atoms with Crippen LogP contribution in [0.4, 0.5) is 0 Å². The number of rotatable bonds is 12. The minimum absolute atomic E-state index is 0.632. The Morgan fingerprint density at radius 3 is 2.33 bits per heavy atom. The highest BCUT2D eigenvalue weighted by Crippen LogP contribution is 2.20. The number of likely N-dealkylation sites (N-methyl/N-ethyl adjacent to an activating group) is 1. The normalized spacial score (nSPS) is 15.7. The summed E-state index contributed by atoms with van der Waals surface area (Å²) in [4.78, 5) is 48.4. The zero-order valence-electron chi connectivity index (χ0n) is 21.9. The van der Waals surface area contributed by atoms with Crippen molar-refractivity contribution >= 4 is 28.9 Å². The maximum atomic E-state index is 10.3. The fourth-order valence-corrected chi connectivity index (χ4v) is 4.73. The number of nitrogens with zero attached hydrogens (tertiary/aromatic N) is 4. The Hall–Kier alpha value is -3.87. The number of aromatic nitrogens is 3. The number of fused-ring (bicyclic) bond motifs is 1. The number of hydrogen-bond acceptors (Lipinski definition) is 8. The molecule has 0 radical (unpaired) electrons. The number of carboxylic acid groups (broad SMARTS) is 3. The third-order valence-corrected chi connectivity index (χ3v) is 6.58. The lowest BCUT2D eigenvalue weighted by molar-refractivity contribution is -0.170. The summed E-state index contributed by atoms with van der Waals surface area (Å²) in [5.74, 6) is -3.99. The maximum Gasteiger partial charge on any atom is 0.336 e. The molecular weight excluding hydrogens is 506 g/mol. The van der Waals surface area contributed by atoms with Gasteiger partial charge in [-0.25, -0.2) is 9.78 Å². The van der Waals surface area contributed by atoms with Gasteiger partial charge in [0.2, 0.25) is 0 Å². The summed E-state index contributed by atoms with van der Waals surface area (Å²) in [6.07, 6.45) is 2.18. The van der Waals surface area contributed by atoms with Crippen molar-refractivity contribution in [3.8, 4) is 0 Å². The minimum Gasteiger partial charge on any atom is -0.481 e. The number of benzene rings is 1. The van der Waals surface area contributed by atoms with Crippen LogP contribution in [0, 0.1) is 0 Å². The lowest BCUT2D eigenvalue weighted by Gasteiger charge is -2.29. The molecule has 12 heteroatoms. The van der Waals surface area contributed by atoms with Crippen molar-refractivity contribution in [3.05, 3.63) is 60.2 Å². The summed E-state index contributed by atoms with van der Waals surface area (Å²) in [6.45, 7) is 7.35. The first-order valence-electron chi connectivity index (χ1n) is 12.8. The summed E-state index contributed by atoms with van der Waals surface area (Å²) in [7, 11) is 0. The molecule has 1 fully saturated rings. The zero-order chi connectivity index (χ0) is 28.4. The third kappa shape index (κ3) is 8.84. The summed E-state index contributed by atoms with van der Waals surface area (Å²) in [5.41, 5.74) is 0.523. The third-order valence-electron chi connectivity index (χ3n) is 6.58. The van der Waals surface area contributed by atoms with Crippen LogP contribution in [0.5, 0.6) is 0 Å². The van der Waals surface area contributed by atoms with Gasteiger partial charge in [-0.3, -0.25) is 24.4 Å². The highest BCUT2D eigenvalue weighted by Gasteiger charge is 2.40. The Morgan fingerprint density at radius 1 is 1.05 bits per heavy atom. The highest BCUT2D eigenvalue weighted by molar-refractivity contribution is 5.88. The number of H-pyrrole nitrogens is 1. The molecule has 210 valence electrons. The molecule has 0 amide bonds. The van der Waals surface area contributed by atoms with E-state index in [-0.39, 0.29) is 0 Å². The average molecular weight is 542 g/mol. The van der Waals surface area contributed by atoms with Gasteiger partial charge in [-0.15, -0.1) is 0 Å². The number of hydrogen-bond donors (Lipinski definition) is 5. The van der Waals surface area contributed by atoms with Gasteiger partial charge in [-0.1, -0.05) is 25.1 Å². The first-order chi connectivity index (χ1) is 18.6. The number of carboxylic acids is 3. The average Bonchev–Trinajstić information content (AvgIpc) is 3.49. The standard InChI is InChI=1S/C21H27N5.C6H8O7/c1-2-26-13-7-9-18(26)15-25(14-17-8-5-6-12-22-17)16-21-23-19-10-3-4-11-20(19)24-21;7-3(8)1-6(13,5(11)12)2-4(9)10/h3-6,8,10-12,18H,2,7,9,13-16H2,1H3,(H,23,24);13H,1-2H2,(H,7,8)(H,9,10)(H,11,12). The van der Waals surface area contributed by atoms with E-state index < -0.39 is 36.4 Å². The number of nitrogens with one attached hydrogen (secondary N) is 1. The van der Waals surface area contributed by atoms with Crippen LogP contribution >= 0.6 is 0 Å². The van der Waals surface area contributed by atoms with Crippen LogP contribution in [0.3, 0.4) is 0 Å². The molecule has 1 aliphatic heterocycles. The van der Waals surface area contributed by atoms with Crippen LogP contribution in [0.25, 0.3) is 11.0 Å². The SMILES string of the molecule is CCN1CCCC1CN(Cc1ccccn1)Cc1nc2ccccc2[nH]1.O=C(O)CC(O)(CC(=O)O)C(=O)O. The van der Waals surface area contributed by atoms with Gasteiger partial charge in [0, 0.05) is 25.3 Å². The van der Waals surface area contributed by atoms with E-state index in [4.69, 9.17) is 25.4 Å². The van der Waals surface area contributed by atoms with Crippen molar-refractivity contribution in [2.45, 2.75) is 57.3 Å². The fraction of sp³-hybridized carbons (Fsp3) is 0.444.